The Hall–Kier alpha value is -2.81. The molecule has 9 heteroatoms. The largest absolute Gasteiger partial charge is 0.494 e. The number of ether oxygens (including phenoxy) is 1. The van der Waals surface area contributed by atoms with E-state index in [1.165, 1.54) is 35.3 Å². The van der Waals surface area contributed by atoms with Crippen molar-refractivity contribution in [3.8, 4) is 17.0 Å². The normalized spacial score (nSPS) is 10.7. The van der Waals surface area contributed by atoms with Crippen molar-refractivity contribution in [2.24, 2.45) is 0 Å². The van der Waals surface area contributed by atoms with Gasteiger partial charge in [-0.1, -0.05) is 0 Å². The van der Waals surface area contributed by atoms with Crippen LogP contribution in [0.1, 0.15) is 11.6 Å². The fourth-order valence-corrected chi connectivity index (χ4v) is 3.03. The maximum atomic E-state index is 13.8. The predicted molar refractivity (Wildman–Crippen MR) is 92.2 cm³/mol. The molecule has 0 bridgehead atoms. The van der Waals surface area contributed by atoms with Gasteiger partial charge in [0, 0.05) is 10.9 Å². The summed E-state index contributed by atoms with van der Waals surface area (Å²) >= 11 is 1.27. The van der Waals surface area contributed by atoms with Crippen LogP contribution in [0.2, 0.25) is 0 Å². The van der Waals surface area contributed by atoms with Crippen molar-refractivity contribution >= 4 is 22.4 Å². The number of thiazole rings is 1. The number of halogens is 1. The molecule has 130 valence electrons. The molecule has 3 aromatic rings. The zero-order valence-corrected chi connectivity index (χ0v) is 14.7. The summed E-state index contributed by atoms with van der Waals surface area (Å²) in [6.45, 7) is 3.61. The molecule has 0 aliphatic carbocycles. The van der Waals surface area contributed by atoms with Gasteiger partial charge in [-0.3, -0.25) is 4.79 Å². The van der Waals surface area contributed by atoms with Gasteiger partial charge in [-0.25, -0.2) is 19.0 Å². The first-order valence-electron chi connectivity index (χ1n) is 7.43. The van der Waals surface area contributed by atoms with E-state index in [0.717, 1.165) is 0 Å². The number of nitrogens with zero attached hydrogens (tertiary/aromatic N) is 4. The van der Waals surface area contributed by atoms with Crippen molar-refractivity contribution in [2.75, 3.05) is 12.4 Å². The smallest absolute Gasteiger partial charge is 0.247 e. The van der Waals surface area contributed by atoms with Gasteiger partial charge in [-0.15, -0.1) is 11.3 Å². The minimum Gasteiger partial charge on any atom is -0.494 e. The summed E-state index contributed by atoms with van der Waals surface area (Å²) in [6.07, 6.45) is 0. The van der Waals surface area contributed by atoms with Crippen LogP contribution in [0.5, 0.6) is 5.75 Å². The lowest BCUT2D eigenvalue weighted by molar-refractivity contribution is -0.116. The molecule has 0 aliphatic heterocycles. The maximum absolute atomic E-state index is 13.8. The van der Waals surface area contributed by atoms with E-state index in [0.29, 0.717) is 28.0 Å². The molecule has 0 aliphatic rings. The molecule has 7 nitrogen and oxygen atoms in total. The number of aromatic nitrogens is 4. The molecule has 1 aromatic carbocycles. The van der Waals surface area contributed by atoms with Crippen molar-refractivity contribution < 1.29 is 13.9 Å². The number of carbonyl (C=O) groups excluding carboxylic acids is 1. The molecule has 2 aromatic heterocycles. The number of aryl methyl sites for hydroxylation is 2. The molecule has 2 heterocycles. The Kier molecular flexibility index (Phi) is 4.75. The minimum atomic E-state index is -0.462. The number of anilines is 1. The van der Waals surface area contributed by atoms with Crippen molar-refractivity contribution in [1.29, 1.82) is 0 Å². The molecule has 0 unspecified atom stereocenters. The highest BCUT2D eigenvalue weighted by atomic mass is 32.1. The first kappa shape index (κ1) is 17.0. The van der Waals surface area contributed by atoms with E-state index >= 15 is 0 Å². The number of rotatable bonds is 5. The number of benzene rings is 1. The van der Waals surface area contributed by atoms with Crippen LogP contribution in [0.3, 0.4) is 0 Å². The SMILES string of the molecule is COc1ccc(-c2csc(NC(=O)Cn3nc(C)nc3C)n2)cc1F. The first-order valence-corrected chi connectivity index (χ1v) is 8.31. The van der Waals surface area contributed by atoms with Crippen molar-refractivity contribution in [3.05, 3.63) is 41.0 Å². The van der Waals surface area contributed by atoms with Gasteiger partial charge in [-0.05, 0) is 32.0 Å². The molecule has 0 radical (unpaired) electrons. The van der Waals surface area contributed by atoms with Crippen LogP contribution in [0, 0.1) is 19.7 Å². The van der Waals surface area contributed by atoms with Gasteiger partial charge < -0.3 is 10.1 Å². The van der Waals surface area contributed by atoms with Gasteiger partial charge >= 0.3 is 0 Å². The summed E-state index contributed by atoms with van der Waals surface area (Å²) in [6, 6.07) is 4.60. The number of nitrogens with one attached hydrogen (secondary N) is 1. The van der Waals surface area contributed by atoms with Crippen LogP contribution in [0.15, 0.2) is 23.6 Å². The Morgan fingerprint density at radius 3 is 2.80 bits per heavy atom. The van der Waals surface area contributed by atoms with E-state index in [1.807, 2.05) is 0 Å². The van der Waals surface area contributed by atoms with Crippen molar-refractivity contribution in [3.63, 3.8) is 0 Å². The van der Waals surface area contributed by atoms with Crippen LogP contribution < -0.4 is 10.1 Å². The van der Waals surface area contributed by atoms with Gasteiger partial charge in [0.1, 0.15) is 18.2 Å². The number of hydrogen-bond acceptors (Lipinski definition) is 6. The molecule has 25 heavy (non-hydrogen) atoms. The number of carbonyl (C=O) groups is 1. The van der Waals surface area contributed by atoms with Gasteiger partial charge in [-0.2, -0.15) is 5.10 Å². The van der Waals surface area contributed by atoms with E-state index in [1.54, 1.807) is 25.3 Å². The Bertz CT molecular complexity index is 921. The van der Waals surface area contributed by atoms with E-state index in [4.69, 9.17) is 4.74 Å². The highest BCUT2D eigenvalue weighted by Gasteiger charge is 2.12. The van der Waals surface area contributed by atoms with E-state index in [-0.39, 0.29) is 18.2 Å². The van der Waals surface area contributed by atoms with Gasteiger partial charge in [0.05, 0.1) is 12.8 Å². The lowest BCUT2D eigenvalue weighted by Crippen LogP contribution is -2.20. The molecule has 3 rings (SSSR count). The number of hydrogen-bond donors (Lipinski definition) is 1. The second-order valence-corrected chi connectivity index (χ2v) is 6.16. The van der Waals surface area contributed by atoms with Gasteiger partial charge in [0.2, 0.25) is 5.91 Å². The Labute approximate surface area is 147 Å². The Morgan fingerprint density at radius 2 is 2.16 bits per heavy atom. The second-order valence-electron chi connectivity index (χ2n) is 5.30. The molecular formula is C16H16FN5O2S. The molecule has 1 amide bonds. The van der Waals surface area contributed by atoms with Crippen LogP contribution in [0.25, 0.3) is 11.3 Å². The molecular weight excluding hydrogens is 345 g/mol. The maximum Gasteiger partial charge on any atom is 0.247 e. The van der Waals surface area contributed by atoms with E-state index in [9.17, 15) is 9.18 Å². The molecule has 0 saturated carbocycles. The van der Waals surface area contributed by atoms with Crippen LogP contribution in [0.4, 0.5) is 9.52 Å². The summed E-state index contributed by atoms with van der Waals surface area (Å²) in [5.74, 6) is 0.737. The number of amides is 1. The second kappa shape index (κ2) is 6.98. The third kappa shape index (κ3) is 3.82. The Morgan fingerprint density at radius 1 is 1.36 bits per heavy atom. The fraction of sp³-hybridized carbons (Fsp3) is 0.250. The summed E-state index contributed by atoms with van der Waals surface area (Å²) in [5.41, 5.74) is 1.19. The van der Waals surface area contributed by atoms with Crippen molar-refractivity contribution in [2.45, 2.75) is 20.4 Å². The Balaban J connectivity index is 1.70. The van der Waals surface area contributed by atoms with Crippen LogP contribution in [-0.2, 0) is 11.3 Å². The van der Waals surface area contributed by atoms with Gasteiger partial charge in [0.15, 0.2) is 16.7 Å². The summed E-state index contributed by atoms with van der Waals surface area (Å²) in [5, 5.41) is 9.05. The van der Waals surface area contributed by atoms with Gasteiger partial charge in [0.25, 0.3) is 0 Å². The summed E-state index contributed by atoms with van der Waals surface area (Å²) < 4.78 is 20.2. The minimum absolute atomic E-state index is 0.0543. The van der Waals surface area contributed by atoms with Crippen LogP contribution in [-0.4, -0.2) is 32.8 Å². The van der Waals surface area contributed by atoms with Crippen LogP contribution >= 0.6 is 11.3 Å². The zero-order chi connectivity index (χ0) is 18.0. The quantitative estimate of drug-likeness (QED) is 0.756. The fourth-order valence-electron chi connectivity index (χ4n) is 2.30. The molecule has 0 fully saturated rings. The summed E-state index contributed by atoms with van der Waals surface area (Å²) in [4.78, 5) is 20.6. The molecule has 0 spiro atoms. The predicted octanol–water partition coefficient (Wildman–Crippen LogP) is 2.80. The van der Waals surface area contributed by atoms with E-state index in [2.05, 4.69) is 20.4 Å². The lowest BCUT2D eigenvalue weighted by atomic mass is 10.1. The third-order valence-electron chi connectivity index (χ3n) is 3.45. The molecule has 0 saturated heterocycles. The average molecular weight is 361 g/mol. The zero-order valence-electron chi connectivity index (χ0n) is 13.9. The lowest BCUT2D eigenvalue weighted by Gasteiger charge is -2.04. The topological polar surface area (TPSA) is 81.9 Å². The monoisotopic (exact) mass is 361 g/mol. The average Bonchev–Trinajstić information content (AvgIpc) is 3.14. The number of methoxy groups -OCH3 is 1. The van der Waals surface area contributed by atoms with E-state index < -0.39 is 5.82 Å². The highest BCUT2D eigenvalue weighted by Crippen LogP contribution is 2.28. The summed E-state index contributed by atoms with van der Waals surface area (Å²) in [7, 11) is 1.41. The molecule has 1 N–H and O–H groups in total. The first-order chi connectivity index (χ1) is 12.0. The third-order valence-corrected chi connectivity index (χ3v) is 4.21. The standard InChI is InChI=1S/C16H16FN5O2S/c1-9-18-10(2)22(21-9)7-15(23)20-16-19-13(8-25-16)11-4-5-14(24-3)12(17)6-11/h4-6,8H,7H2,1-3H3,(H,19,20,23). The highest BCUT2D eigenvalue weighted by molar-refractivity contribution is 7.14. The van der Waals surface area contributed by atoms with Crippen molar-refractivity contribution in [1.82, 2.24) is 19.7 Å². The molecule has 0 atom stereocenters.